The molecule has 0 saturated carbocycles. The first-order chi connectivity index (χ1) is 12.7. The number of hydrogen-bond acceptors (Lipinski definition) is 2. The van der Waals surface area contributed by atoms with Gasteiger partial charge in [-0.3, -0.25) is 9.80 Å². The van der Waals surface area contributed by atoms with Crippen LogP contribution in [-0.4, -0.2) is 27.0 Å². The van der Waals surface area contributed by atoms with Crippen molar-refractivity contribution in [3.05, 3.63) is 76.4 Å². The Morgan fingerprint density at radius 1 is 1.00 bits per heavy atom. The Balaban J connectivity index is 1.86. The molecule has 138 valence electrons. The van der Waals surface area contributed by atoms with E-state index in [4.69, 9.17) is 0 Å². The molecule has 0 N–H and O–H groups in total. The van der Waals surface area contributed by atoms with Crippen LogP contribution in [0.5, 0.6) is 0 Å². The SMILES string of the molecule is Cc1ccc2c(c1)C(c1ccccc1)=C1C2N2N(C(=O)CC2(C)C)C1(C)C. The minimum Gasteiger partial charge on any atom is -0.273 e. The molecule has 1 aliphatic carbocycles. The number of hydrogen-bond donors (Lipinski definition) is 0. The molecule has 0 bridgehead atoms. The van der Waals surface area contributed by atoms with Crippen LogP contribution in [-0.2, 0) is 4.79 Å². The number of benzene rings is 2. The van der Waals surface area contributed by atoms with Gasteiger partial charge >= 0.3 is 0 Å². The normalized spacial score (nSPS) is 25.0. The summed E-state index contributed by atoms with van der Waals surface area (Å²) in [7, 11) is 0. The van der Waals surface area contributed by atoms with E-state index >= 15 is 0 Å². The molecule has 2 aliphatic heterocycles. The Hall–Kier alpha value is -2.39. The largest absolute Gasteiger partial charge is 0.273 e. The topological polar surface area (TPSA) is 23.6 Å². The summed E-state index contributed by atoms with van der Waals surface area (Å²) in [6.45, 7) is 11.0. The lowest BCUT2D eigenvalue weighted by atomic mass is 9.85. The lowest BCUT2D eigenvalue weighted by Crippen LogP contribution is -2.49. The predicted octanol–water partition coefficient (Wildman–Crippen LogP) is 4.87. The molecule has 2 aromatic rings. The van der Waals surface area contributed by atoms with Crippen molar-refractivity contribution >= 4 is 11.5 Å². The molecule has 0 aromatic heterocycles. The fourth-order valence-corrected chi connectivity index (χ4v) is 5.45. The summed E-state index contributed by atoms with van der Waals surface area (Å²) in [6, 6.07) is 17.6. The highest BCUT2D eigenvalue weighted by Gasteiger charge is 2.63. The van der Waals surface area contributed by atoms with Gasteiger partial charge in [0.15, 0.2) is 0 Å². The lowest BCUT2D eigenvalue weighted by molar-refractivity contribution is -0.145. The number of fused-ring (bicyclic) bond motifs is 5. The van der Waals surface area contributed by atoms with E-state index in [-0.39, 0.29) is 23.0 Å². The van der Waals surface area contributed by atoms with Crippen LogP contribution in [0.15, 0.2) is 54.1 Å². The first-order valence-electron chi connectivity index (χ1n) is 9.77. The maximum absolute atomic E-state index is 13.0. The number of carbonyl (C=O) groups excluding carboxylic acids is 1. The molecule has 2 heterocycles. The average molecular weight is 358 g/mol. The third-order valence-corrected chi connectivity index (χ3v) is 6.47. The maximum Gasteiger partial charge on any atom is 0.239 e. The van der Waals surface area contributed by atoms with E-state index in [1.807, 2.05) is 5.01 Å². The molecule has 3 aliphatic rings. The molecule has 3 heteroatoms. The van der Waals surface area contributed by atoms with Gasteiger partial charge in [-0.2, -0.15) is 0 Å². The molecule has 3 nitrogen and oxygen atoms in total. The maximum atomic E-state index is 13.0. The van der Waals surface area contributed by atoms with E-state index in [9.17, 15) is 4.79 Å². The number of amides is 1. The van der Waals surface area contributed by atoms with Gasteiger partial charge in [-0.15, -0.1) is 0 Å². The van der Waals surface area contributed by atoms with E-state index < -0.39 is 0 Å². The molecule has 0 radical (unpaired) electrons. The van der Waals surface area contributed by atoms with E-state index in [0.717, 1.165) is 0 Å². The monoisotopic (exact) mass is 358 g/mol. The Morgan fingerprint density at radius 2 is 1.70 bits per heavy atom. The van der Waals surface area contributed by atoms with Crippen molar-refractivity contribution < 1.29 is 4.79 Å². The summed E-state index contributed by atoms with van der Waals surface area (Å²) in [6.07, 6.45) is 0.572. The van der Waals surface area contributed by atoms with E-state index in [1.54, 1.807) is 0 Å². The Morgan fingerprint density at radius 3 is 2.41 bits per heavy atom. The van der Waals surface area contributed by atoms with Crippen LogP contribution in [0.4, 0.5) is 0 Å². The van der Waals surface area contributed by atoms with Gasteiger partial charge in [-0.25, -0.2) is 5.01 Å². The molecular formula is C24H26N2O. The second-order valence-electron chi connectivity index (χ2n) is 9.25. The highest BCUT2D eigenvalue weighted by molar-refractivity contribution is 5.93. The van der Waals surface area contributed by atoms with Gasteiger partial charge in [0.2, 0.25) is 5.91 Å². The van der Waals surface area contributed by atoms with Crippen molar-refractivity contribution in [3.8, 4) is 0 Å². The van der Waals surface area contributed by atoms with Gasteiger partial charge in [0.25, 0.3) is 0 Å². The van der Waals surface area contributed by atoms with Crippen molar-refractivity contribution in [2.75, 3.05) is 0 Å². The van der Waals surface area contributed by atoms with Crippen LogP contribution in [0.3, 0.4) is 0 Å². The van der Waals surface area contributed by atoms with Crippen LogP contribution >= 0.6 is 0 Å². The number of hydrazine groups is 1. The first-order valence-corrected chi connectivity index (χ1v) is 9.77. The van der Waals surface area contributed by atoms with Crippen molar-refractivity contribution in [1.82, 2.24) is 10.0 Å². The number of nitrogens with zero attached hydrogens (tertiary/aromatic N) is 2. The van der Waals surface area contributed by atoms with Crippen LogP contribution in [0, 0.1) is 6.92 Å². The van der Waals surface area contributed by atoms with Crippen LogP contribution < -0.4 is 0 Å². The summed E-state index contributed by atoms with van der Waals surface area (Å²) in [5.41, 5.74) is 7.30. The number of rotatable bonds is 1. The van der Waals surface area contributed by atoms with Gasteiger partial charge in [-0.05, 0) is 62.5 Å². The summed E-state index contributed by atoms with van der Waals surface area (Å²) in [5, 5.41) is 4.40. The Labute approximate surface area is 161 Å². The lowest BCUT2D eigenvalue weighted by Gasteiger charge is -2.38. The molecule has 1 amide bonds. The summed E-state index contributed by atoms with van der Waals surface area (Å²) < 4.78 is 0. The third kappa shape index (κ3) is 2.03. The molecule has 2 aromatic carbocycles. The second kappa shape index (κ2) is 5.11. The van der Waals surface area contributed by atoms with E-state index in [0.29, 0.717) is 6.42 Å². The smallest absolute Gasteiger partial charge is 0.239 e. The zero-order valence-corrected chi connectivity index (χ0v) is 16.7. The molecule has 27 heavy (non-hydrogen) atoms. The summed E-state index contributed by atoms with van der Waals surface area (Å²) >= 11 is 0. The zero-order valence-electron chi connectivity index (χ0n) is 16.7. The minimum atomic E-state index is -0.340. The number of aryl methyl sites for hydroxylation is 1. The summed E-state index contributed by atoms with van der Waals surface area (Å²) in [5.74, 6) is 0.230. The third-order valence-electron chi connectivity index (χ3n) is 6.47. The highest BCUT2D eigenvalue weighted by atomic mass is 16.2. The molecule has 5 rings (SSSR count). The molecule has 1 unspecified atom stereocenters. The first kappa shape index (κ1) is 16.8. The standard InChI is InChI=1S/C24H26N2O/c1-15-11-12-17-18(13-15)20(16-9-7-6-8-10-16)21-22(17)26-23(2,3)14-19(27)25(26)24(21,4)5/h6-13,22H,14H2,1-5H3. The zero-order chi connectivity index (χ0) is 19.1. The second-order valence-corrected chi connectivity index (χ2v) is 9.25. The fourth-order valence-electron chi connectivity index (χ4n) is 5.45. The van der Waals surface area contributed by atoms with Crippen molar-refractivity contribution in [2.45, 2.75) is 58.2 Å². The number of carbonyl (C=O) groups is 1. The average Bonchev–Trinajstić information content (AvgIpc) is 3.14. The van der Waals surface area contributed by atoms with Crippen LogP contribution in [0.2, 0.25) is 0 Å². The van der Waals surface area contributed by atoms with Gasteiger partial charge in [0.1, 0.15) is 0 Å². The van der Waals surface area contributed by atoms with Crippen molar-refractivity contribution in [2.24, 2.45) is 0 Å². The molecular weight excluding hydrogens is 332 g/mol. The summed E-state index contributed by atoms with van der Waals surface area (Å²) in [4.78, 5) is 13.0. The van der Waals surface area contributed by atoms with Gasteiger partial charge < -0.3 is 0 Å². The molecule has 1 atom stereocenters. The van der Waals surface area contributed by atoms with E-state index in [2.05, 4.69) is 88.2 Å². The predicted molar refractivity (Wildman–Crippen MR) is 108 cm³/mol. The van der Waals surface area contributed by atoms with Gasteiger partial charge in [-0.1, -0.05) is 54.1 Å². The Bertz CT molecular complexity index is 1000. The van der Waals surface area contributed by atoms with E-state index in [1.165, 1.54) is 33.4 Å². The molecule has 2 fully saturated rings. The van der Waals surface area contributed by atoms with Crippen LogP contribution in [0.25, 0.3) is 5.57 Å². The van der Waals surface area contributed by atoms with Gasteiger partial charge in [0.05, 0.1) is 11.6 Å². The molecule has 2 saturated heterocycles. The van der Waals surface area contributed by atoms with Crippen molar-refractivity contribution in [1.29, 1.82) is 0 Å². The Kier molecular flexibility index (Phi) is 3.17. The molecule has 0 spiro atoms. The van der Waals surface area contributed by atoms with Gasteiger partial charge in [0, 0.05) is 12.0 Å². The quantitative estimate of drug-likeness (QED) is 0.726. The highest BCUT2D eigenvalue weighted by Crippen LogP contribution is 2.61. The van der Waals surface area contributed by atoms with Crippen molar-refractivity contribution in [3.63, 3.8) is 0 Å². The minimum absolute atomic E-state index is 0.132. The van der Waals surface area contributed by atoms with Crippen LogP contribution in [0.1, 0.15) is 62.4 Å². The fraction of sp³-hybridized carbons (Fsp3) is 0.375.